The molecule has 0 spiro atoms. The Labute approximate surface area is 102 Å². The maximum absolute atomic E-state index is 10.7. The summed E-state index contributed by atoms with van der Waals surface area (Å²) in [5.74, 6) is -1.16. The number of furan rings is 1. The lowest BCUT2D eigenvalue weighted by atomic mass is 10.4. The van der Waals surface area contributed by atoms with Gasteiger partial charge in [0.1, 0.15) is 5.03 Å². The van der Waals surface area contributed by atoms with Gasteiger partial charge in [0.15, 0.2) is 5.09 Å². The zero-order valence-corrected chi connectivity index (χ0v) is 10.1. The number of aromatic carboxylic acids is 1. The number of nitrogens with zero attached hydrogens (tertiary/aromatic N) is 2. The van der Waals surface area contributed by atoms with Gasteiger partial charge in [-0.25, -0.2) is 9.78 Å². The van der Waals surface area contributed by atoms with Crippen LogP contribution in [0.15, 0.2) is 32.9 Å². The number of rotatable bonds is 3. The minimum atomic E-state index is -1.08. The second-order valence-corrected chi connectivity index (χ2v) is 4.42. The second kappa shape index (κ2) is 4.58. The van der Waals surface area contributed by atoms with Gasteiger partial charge in [0.05, 0.1) is 11.4 Å². The van der Waals surface area contributed by atoms with E-state index in [4.69, 9.17) is 9.52 Å². The Balaban J connectivity index is 2.25. The summed E-state index contributed by atoms with van der Waals surface area (Å²) < 4.78 is 5.14. The summed E-state index contributed by atoms with van der Waals surface area (Å²) in [6, 6.07) is 3.03. The highest BCUT2D eigenvalue weighted by Crippen LogP contribution is 2.29. The van der Waals surface area contributed by atoms with E-state index in [1.165, 1.54) is 17.8 Å². The lowest BCUT2D eigenvalue weighted by Crippen LogP contribution is -1.92. The second-order valence-electron chi connectivity index (χ2n) is 3.43. The third kappa shape index (κ3) is 2.65. The van der Waals surface area contributed by atoms with Crippen molar-refractivity contribution in [1.82, 2.24) is 9.97 Å². The molecule has 0 bridgehead atoms. The molecule has 0 amide bonds. The number of hydrogen-bond acceptors (Lipinski definition) is 5. The number of carboxylic acids is 1. The van der Waals surface area contributed by atoms with Crippen molar-refractivity contribution in [3.05, 3.63) is 35.5 Å². The zero-order valence-electron chi connectivity index (χ0n) is 9.30. The summed E-state index contributed by atoms with van der Waals surface area (Å²) in [5, 5.41) is 9.94. The molecule has 2 aromatic rings. The van der Waals surface area contributed by atoms with E-state index >= 15 is 0 Å². The van der Waals surface area contributed by atoms with Crippen LogP contribution >= 0.6 is 11.8 Å². The van der Waals surface area contributed by atoms with Gasteiger partial charge in [-0.15, -0.1) is 0 Å². The van der Waals surface area contributed by atoms with Gasteiger partial charge >= 0.3 is 5.97 Å². The molecule has 0 radical (unpaired) electrons. The van der Waals surface area contributed by atoms with Crippen molar-refractivity contribution in [3.63, 3.8) is 0 Å². The van der Waals surface area contributed by atoms with Gasteiger partial charge in [-0.3, -0.25) is 4.98 Å². The molecule has 17 heavy (non-hydrogen) atoms. The highest BCUT2D eigenvalue weighted by Gasteiger charge is 2.12. The van der Waals surface area contributed by atoms with Crippen molar-refractivity contribution in [2.75, 3.05) is 0 Å². The summed E-state index contributed by atoms with van der Waals surface area (Å²) >= 11 is 1.26. The molecular formula is C11H10N2O3S. The van der Waals surface area contributed by atoms with E-state index in [2.05, 4.69) is 9.97 Å². The van der Waals surface area contributed by atoms with E-state index in [-0.39, 0.29) is 5.76 Å². The average Bonchev–Trinajstić information content (AvgIpc) is 2.72. The molecule has 1 N–H and O–H groups in total. The van der Waals surface area contributed by atoms with Crippen LogP contribution in [0, 0.1) is 13.8 Å². The number of carbonyl (C=O) groups is 1. The van der Waals surface area contributed by atoms with Crippen LogP contribution in [-0.4, -0.2) is 21.0 Å². The van der Waals surface area contributed by atoms with Crippen LogP contribution in [0.5, 0.6) is 0 Å². The maximum atomic E-state index is 10.7. The Kier molecular flexibility index (Phi) is 3.14. The fourth-order valence-corrected chi connectivity index (χ4v) is 2.05. The van der Waals surface area contributed by atoms with Crippen molar-refractivity contribution in [1.29, 1.82) is 0 Å². The quantitative estimate of drug-likeness (QED) is 0.902. The van der Waals surface area contributed by atoms with Gasteiger partial charge in [-0.2, -0.15) is 0 Å². The SMILES string of the molecule is Cc1cnc(C)c(Sc2ccc(C(=O)O)o2)n1. The molecule has 0 atom stereocenters. The van der Waals surface area contributed by atoms with Crippen LogP contribution in [0.1, 0.15) is 21.9 Å². The molecule has 0 aliphatic heterocycles. The van der Waals surface area contributed by atoms with Crippen molar-refractivity contribution in [2.24, 2.45) is 0 Å². The average molecular weight is 250 g/mol. The Bertz CT molecular complexity index is 566. The van der Waals surface area contributed by atoms with Gasteiger partial charge in [-0.1, -0.05) is 0 Å². The summed E-state index contributed by atoms with van der Waals surface area (Å²) in [6.07, 6.45) is 1.68. The number of hydrogen-bond donors (Lipinski definition) is 1. The fourth-order valence-electron chi connectivity index (χ4n) is 1.20. The molecule has 0 aliphatic carbocycles. The molecule has 0 unspecified atom stereocenters. The van der Waals surface area contributed by atoms with Gasteiger partial charge in [-0.05, 0) is 37.7 Å². The molecule has 88 valence electrons. The summed E-state index contributed by atoms with van der Waals surface area (Å²) in [5.41, 5.74) is 1.59. The Morgan fingerprint density at radius 1 is 1.41 bits per heavy atom. The first-order chi connectivity index (χ1) is 8.06. The van der Waals surface area contributed by atoms with Gasteiger partial charge in [0.2, 0.25) is 5.76 Å². The van der Waals surface area contributed by atoms with E-state index in [1.807, 2.05) is 13.8 Å². The van der Waals surface area contributed by atoms with Crippen molar-refractivity contribution in [2.45, 2.75) is 24.0 Å². The molecule has 2 aromatic heterocycles. The third-order valence-electron chi connectivity index (χ3n) is 2.02. The minimum absolute atomic E-state index is 0.0780. The lowest BCUT2D eigenvalue weighted by molar-refractivity contribution is 0.0656. The Morgan fingerprint density at radius 2 is 2.18 bits per heavy atom. The maximum Gasteiger partial charge on any atom is 0.371 e. The summed E-state index contributed by atoms with van der Waals surface area (Å²) in [4.78, 5) is 19.1. The largest absolute Gasteiger partial charge is 0.475 e. The summed E-state index contributed by atoms with van der Waals surface area (Å²) in [7, 11) is 0. The first-order valence-corrected chi connectivity index (χ1v) is 5.69. The minimum Gasteiger partial charge on any atom is -0.475 e. The molecule has 5 nitrogen and oxygen atoms in total. The molecular weight excluding hydrogens is 240 g/mol. The van der Waals surface area contributed by atoms with Crippen LogP contribution in [0.3, 0.4) is 0 Å². The molecule has 0 aromatic carbocycles. The van der Waals surface area contributed by atoms with Crippen LogP contribution in [0.2, 0.25) is 0 Å². The van der Waals surface area contributed by atoms with Crippen LogP contribution in [0.4, 0.5) is 0 Å². The van der Waals surface area contributed by atoms with Crippen molar-refractivity contribution in [3.8, 4) is 0 Å². The fraction of sp³-hybridized carbons (Fsp3) is 0.182. The monoisotopic (exact) mass is 250 g/mol. The van der Waals surface area contributed by atoms with E-state index in [0.717, 1.165) is 16.4 Å². The van der Waals surface area contributed by atoms with E-state index in [0.29, 0.717) is 5.09 Å². The highest BCUT2D eigenvalue weighted by atomic mass is 32.2. The topological polar surface area (TPSA) is 76.2 Å². The van der Waals surface area contributed by atoms with E-state index in [1.54, 1.807) is 12.3 Å². The molecule has 0 fully saturated rings. The molecule has 0 saturated heterocycles. The van der Waals surface area contributed by atoms with Crippen LogP contribution < -0.4 is 0 Å². The molecule has 2 rings (SSSR count). The predicted molar refractivity (Wildman–Crippen MR) is 61.3 cm³/mol. The summed E-state index contributed by atoms with van der Waals surface area (Å²) in [6.45, 7) is 3.69. The number of carboxylic acid groups (broad SMARTS) is 1. The van der Waals surface area contributed by atoms with Crippen LogP contribution in [0.25, 0.3) is 0 Å². The smallest absolute Gasteiger partial charge is 0.371 e. The molecule has 0 aliphatic rings. The molecule has 6 heteroatoms. The normalized spacial score (nSPS) is 10.5. The highest BCUT2D eigenvalue weighted by molar-refractivity contribution is 7.99. The predicted octanol–water partition coefficient (Wildman–Crippen LogP) is 2.54. The van der Waals surface area contributed by atoms with E-state index in [9.17, 15) is 4.79 Å². The Morgan fingerprint density at radius 3 is 2.82 bits per heavy atom. The molecule has 0 saturated carbocycles. The van der Waals surface area contributed by atoms with Crippen LogP contribution in [-0.2, 0) is 0 Å². The van der Waals surface area contributed by atoms with Crippen molar-refractivity contribution >= 4 is 17.7 Å². The van der Waals surface area contributed by atoms with Gasteiger partial charge in [0, 0.05) is 6.20 Å². The first kappa shape index (κ1) is 11.7. The van der Waals surface area contributed by atoms with Crippen molar-refractivity contribution < 1.29 is 14.3 Å². The zero-order chi connectivity index (χ0) is 12.4. The lowest BCUT2D eigenvalue weighted by Gasteiger charge is -2.02. The standard InChI is InChI=1S/C11H10N2O3S/c1-6-5-12-7(2)10(13-6)17-9-4-3-8(16-9)11(14)15/h3-5H,1-2H3,(H,14,15). The first-order valence-electron chi connectivity index (χ1n) is 4.87. The van der Waals surface area contributed by atoms with Gasteiger partial charge < -0.3 is 9.52 Å². The Hall–Kier alpha value is -1.82. The van der Waals surface area contributed by atoms with Gasteiger partial charge in [0.25, 0.3) is 0 Å². The number of aromatic nitrogens is 2. The van der Waals surface area contributed by atoms with E-state index < -0.39 is 5.97 Å². The third-order valence-corrected chi connectivity index (χ3v) is 3.02. The number of aryl methyl sites for hydroxylation is 2. The molecule has 2 heterocycles.